The molecule has 2 fully saturated rings. The van der Waals surface area contributed by atoms with Crippen LogP contribution in [0.1, 0.15) is 37.2 Å². The number of likely N-dealkylation sites (tertiary alicyclic amines) is 1. The number of ether oxygens (including phenoxy) is 1. The van der Waals surface area contributed by atoms with Crippen LogP contribution < -0.4 is 10.1 Å². The third kappa shape index (κ3) is 5.37. The first kappa shape index (κ1) is 21.6. The Morgan fingerprint density at radius 2 is 1.77 bits per heavy atom. The zero-order chi connectivity index (χ0) is 21.8. The van der Waals surface area contributed by atoms with E-state index in [0.717, 1.165) is 44.8 Å². The van der Waals surface area contributed by atoms with Gasteiger partial charge >= 0.3 is 0 Å². The van der Waals surface area contributed by atoms with Crippen molar-refractivity contribution in [3.63, 3.8) is 0 Å². The summed E-state index contributed by atoms with van der Waals surface area (Å²) in [6.07, 6.45) is 3.10. The molecule has 1 saturated heterocycles. The lowest BCUT2D eigenvalue weighted by molar-refractivity contribution is -0.141. The van der Waals surface area contributed by atoms with E-state index in [-0.39, 0.29) is 41.2 Å². The topological polar surface area (TPSA) is 58.6 Å². The van der Waals surface area contributed by atoms with Gasteiger partial charge < -0.3 is 15.0 Å². The van der Waals surface area contributed by atoms with Crippen molar-refractivity contribution >= 4 is 23.4 Å². The molecule has 2 aromatic carbocycles. The zero-order valence-corrected chi connectivity index (χ0v) is 18.0. The minimum Gasteiger partial charge on any atom is -0.484 e. The first-order valence-electron chi connectivity index (χ1n) is 10.7. The van der Waals surface area contributed by atoms with E-state index in [1.807, 2.05) is 23.1 Å². The normalized spacial score (nSPS) is 21.3. The van der Waals surface area contributed by atoms with E-state index < -0.39 is 5.82 Å². The van der Waals surface area contributed by atoms with Crippen molar-refractivity contribution in [2.75, 3.05) is 19.7 Å². The highest BCUT2D eigenvalue weighted by Gasteiger charge is 2.36. The highest BCUT2D eigenvalue weighted by atomic mass is 35.5. The van der Waals surface area contributed by atoms with Gasteiger partial charge in [-0.3, -0.25) is 9.59 Å². The highest BCUT2D eigenvalue weighted by molar-refractivity contribution is 6.30. The van der Waals surface area contributed by atoms with Gasteiger partial charge in [-0.15, -0.1) is 0 Å². The van der Waals surface area contributed by atoms with Crippen LogP contribution in [0.3, 0.4) is 0 Å². The first-order valence-corrected chi connectivity index (χ1v) is 11.1. The first-order chi connectivity index (χ1) is 15.0. The van der Waals surface area contributed by atoms with Gasteiger partial charge in [-0.25, -0.2) is 4.39 Å². The fourth-order valence-electron chi connectivity index (χ4n) is 4.32. The van der Waals surface area contributed by atoms with Crippen LogP contribution in [-0.2, 0) is 9.59 Å². The number of halogens is 2. The van der Waals surface area contributed by atoms with Crippen LogP contribution in [0, 0.1) is 11.7 Å². The van der Waals surface area contributed by atoms with Crippen LogP contribution in [0.4, 0.5) is 4.39 Å². The zero-order valence-electron chi connectivity index (χ0n) is 17.2. The van der Waals surface area contributed by atoms with Gasteiger partial charge in [-0.2, -0.15) is 0 Å². The Hall–Kier alpha value is -2.60. The second-order valence-corrected chi connectivity index (χ2v) is 8.74. The Morgan fingerprint density at radius 1 is 1.06 bits per heavy atom. The number of hydrogen-bond acceptors (Lipinski definition) is 3. The number of hydrogen-bond donors (Lipinski definition) is 1. The predicted octanol–water partition coefficient (Wildman–Crippen LogP) is 4.16. The van der Waals surface area contributed by atoms with Gasteiger partial charge in [0.1, 0.15) is 11.6 Å². The van der Waals surface area contributed by atoms with Gasteiger partial charge in [0.25, 0.3) is 5.91 Å². The lowest BCUT2D eigenvalue weighted by Crippen LogP contribution is -2.51. The lowest BCUT2D eigenvalue weighted by atomic mass is 9.83. The molecule has 0 bridgehead atoms. The Bertz CT molecular complexity index is 926. The second kappa shape index (κ2) is 9.69. The molecule has 1 N–H and O–H groups in total. The summed E-state index contributed by atoms with van der Waals surface area (Å²) >= 11 is 5.64. The summed E-state index contributed by atoms with van der Waals surface area (Å²) in [6.45, 7) is 1.40. The number of nitrogens with one attached hydrogen (secondary N) is 1. The van der Waals surface area contributed by atoms with E-state index in [1.54, 1.807) is 0 Å². The third-order valence-corrected chi connectivity index (χ3v) is 6.47. The average molecular weight is 445 g/mol. The van der Waals surface area contributed by atoms with Crippen molar-refractivity contribution in [3.8, 4) is 5.75 Å². The number of amides is 2. The summed E-state index contributed by atoms with van der Waals surface area (Å²) in [4.78, 5) is 26.9. The fourth-order valence-corrected chi connectivity index (χ4v) is 4.44. The van der Waals surface area contributed by atoms with E-state index >= 15 is 0 Å². The Morgan fingerprint density at radius 3 is 2.45 bits per heavy atom. The SMILES string of the molecule is O=C(COc1ccc(Cl)c(F)c1)N[C@H]1CC[C@H](C(=O)N2CC(c3ccccc3)C2)CC1. The van der Waals surface area contributed by atoms with E-state index in [0.29, 0.717) is 5.92 Å². The summed E-state index contributed by atoms with van der Waals surface area (Å²) < 4.78 is 18.8. The molecule has 1 heterocycles. The predicted molar refractivity (Wildman–Crippen MR) is 117 cm³/mol. The molecule has 0 atom stereocenters. The molecule has 7 heteroatoms. The van der Waals surface area contributed by atoms with Crippen LogP contribution in [-0.4, -0.2) is 42.5 Å². The monoisotopic (exact) mass is 444 g/mol. The van der Waals surface area contributed by atoms with Crippen molar-refractivity contribution in [3.05, 3.63) is 64.9 Å². The molecule has 0 spiro atoms. The molecule has 5 nitrogen and oxygen atoms in total. The number of carbonyl (C=O) groups excluding carboxylic acids is 2. The molecule has 1 aliphatic heterocycles. The lowest BCUT2D eigenvalue weighted by Gasteiger charge is -2.42. The Labute approximate surface area is 186 Å². The molecule has 0 radical (unpaired) electrons. The average Bonchev–Trinajstić information content (AvgIpc) is 2.75. The minimum absolute atomic E-state index is 0.0110. The molecule has 2 amide bonds. The second-order valence-electron chi connectivity index (χ2n) is 8.33. The number of carbonyl (C=O) groups is 2. The minimum atomic E-state index is -0.583. The van der Waals surface area contributed by atoms with Gasteiger partial charge in [0.15, 0.2) is 6.61 Å². The van der Waals surface area contributed by atoms with Gasteiger partial charge in [-0.05, 0) is 43.4 Å². The quantitative estimate of drug-likeness (QED) is 0.727. The van der Waals surface area contributed by atoms with E-state index in [1.165, 1.54) is 17.7 Å². The van der Waals surface area contributed by atoms with Crippen molar-refractivity contribution in [2.24, 2.45) is 5.92 Å². The van der Waals surface area contributed by atoms with Crippen molar-refractivity contribution in [1.29, 1.82) is 0 Å². The number of nitrogens with zero attached hydrogens (tertiary/aromatic N) is 1. The van der Waals surface area contributed by atoms with Gasteiger partial charge in [0.2, 0.25) is 5.91 Å². The largest absolute Gasteiger partial charge is 0.484 e. The maximum atomic E-state index is 13.4. The summed E-state index contributed by atoms with van der Waals surface area (Å²) in [5.41, 5.74) is 1.29. The fraction of sp³-hybridized carbons (Fsp3) is 0.417. The molecule has 164 valence electrons. The van der Waals surface area contributed by atoms with Crippen molar-refractivity contribution in [2.45, 2.75) is 37.6 Å². The summed E-state index contributed by atoms with van der Waals surface area (Å²) in [6, 6.07) is 14.4. The Balaban J connectivity index is 1.16. The number of rotatable bonds is 6. The van der Waals surface area contributed by atoms with Crippen molar-refractivity contribution in [1.82, 2.24) is 10.2 Å². The van der Waals surface area contributed by atoms with E-state index in [2.05, 4.69) is 17.4 Å². The molecule has 4 rings (SSSR count). The van der Waals surface area contributed by atoms with Crippen LogP contribution in [0.25, 0.3) is 0 Å². The highest BCUT2D eigenvalue weighted by Crippen LogP contribution is 2.32. The van der Waals surface area contributed by atoms with Crippen LogP contribution >= 0.6 is 11.6 Å². The maximum absolute atomic E-state index is 13.4. The molecular formula is C24H26ClFN2O3. The smallest absolute Gasteiger partial charge is 0.258 e. The van der Waals surface area contributed by atoms with Crippen LogP contribution in [0.5, 0.6) is 5.75 Å². The molecule has 0 aromatic heterocycles. The number of benzene rings is 2. The van der Waals surface area contributed by atoms with Crippen LogP contribution in [0.2, 0.25) is 5.02 Å². The van der Waals surface area contributed by atoms with Crippen LogP contribution in [0.15, 0.2) is 48.5 Å². The summed E-state index contributed by atoms with van der Waals surface area (Å²) in [5, 5.41) is 2.96. The molecule has 2 aromatic rings. The molecular weight excluding hydrogens is 419 g/mol. The Kier molecular flexibility index (Phi) is 6.76. The van der Waals surface area contributed by atoms with Gasteiger partial charge in [0, 0.05) is 37.0 Å². The maximum Gasteiger partial charge on any atom is 0.258 e. The molecule has 2 aliphatic rings. The van der Waals surface area contributed by atoms with E-state index in [4.69, 9.17) is 16.3 Å². The van der Waals surface area contributed by atoms with Gasteiger partial charge in [-0.1, -0.05) is 41.9 Å². The van der Waals surface area contributed by atoms with E-state index in [9.17, 15) is 14.0 Å². The van der Waals surface area contributed by atoms with Crippen molar-refractivity contribution < 1.29 is 18.7 Å². The molecule has 1 saturated carbocycles. The standard InChI is InChI=1S/C24H26ClFN2O3/c25-21-11-10-20(12-22(21)26)31-15-23(29)27-19-8-6-17(7-9-19)24(30)28-13-18(14-28)16-4-2-1-3-5-16/h1-5,10-12,17-19H,6-9,13-15H2,(H,27,29)/t17-,19-. The summed E-state index contributed by atoms with van der Waals surface area (Å²) in [7, 11) is 0. The summed E-state index contributed by atoms with van der Waals surface area (Å²) in [5.74, 6) is 0.145. The third-order valence-electron chi connectivity index (χ3n) is 6.17. The molecule has 31 heavy (non-hydrogen) atoms. The molecule has 1 aliphatic carbocycles. The molecule has 0 unspecified atom stereocenters. The van der Waals surface area contributed by atoms with Gasteiger partial charge in [0.05, 0.1) is 5.02 Å².